The van der Waals surface area contributed by atoms with Crippen molar-refractivity contribution in [3.05, 3.63) is 54.2 Å². The van der Waals surface area contributed by atoms with Crippen LogP contribution in [-0.4, -0.2) is 77.1 Å². The number of aromatic nitrogens is 6. The van der Waals surface area contributed by atoms with E-state index in [-0.39, 0.29) is 55.0 Å². The molecule has 0 aromatic carbocycles. The number of rotatable bonds is 10. The summed E-state index contributed by atoms with van der Waals surface area (Å²) in [6.45, 7) is 6.56. The van der Waals surface area contributed by atoms with Crippen LogP contribution in [0.4, 0.5) is 27.9 Å². The molecule has 2 saturated carbocycles. The average Bonchev–Trinajstić information content (AvgIpc) is 3.55. The van der Waals surface area contributed by atoms with E-state index in [1.807, 2.05) is 6.92 Å². The third kappa shape index (κ3) is 8.24. The van der Waals surface area contributed by atoms with Crippen LogP contribution in [0.2, 0.25) is 0 Å². The van der Waals surface area contributed by atoms with Crippen LogP contribution in [0.1, 0.15) is 107 Å². The van der Waals surface area contributed by atoms with Crippen LogP contribution in [0.5, 0.6) is 5.88 Å². The van der Waals surface area contributed by atoms with E-state index in [0.717, 1.165) is 19.0 Å². The van der Waals surface area contributed by atoms with Crippen molar-refractivity contribution in [2.75, 3.05) is 18.0 Å². The van der Waals surface area contributed by atoms with Gasteiger partial charge in [0.2, 0.25) is 17.8 Å². The third-order valence-corrected chi connectivity index (χ3v) is 12.0. The molecule has 3 unspecified atom stereocenters. The molecule has 306 valence electrons. The zero-order chi connectivity index (χ0) is 40.7. The van der Waals surface area contributed by atoms with Crippen molar-refractivity contribution < 1.29 is 41.4 Å². The summed E-state index contributed by atoms with van der Waals surface area (Å²) < 4.78 is 81.0. The molecule has 0 radical (unpaired) electrons. The van der Waals surface area contributed by atoms with Crippen LogP contribution in [0, 0.1) is 17.8 Å². The summed E-state index contributed by atoms with van der Waals surface area (Å²) in [6.07, 6.45) is 3.78. The first-order valence-electron chi connectivity index (χ1n) is 19.6. The fourth-order valence-electron chi connectivity index (χ4n) is 8.92. The number of hydrogen-bond donors (Lipinski definition) is 2. The molecule has 57 heavy (non-hydrogen) atoms. The van der Waals surface area contributed by atoms with Gasteiger partial charge in [-0.1, -0.05) is 33.6 Å². The standard InChI is InChI=1S/C40H47F5N8O4/c1-23(2)39(36(55)56,25-7-4-6-24(3)20-25)51-35(54)29-21-48-33(50-32(29)40(43,44)45)30-22-53(26-10-14-38(41,42)15-11-26)34-28(30)8-9-31(49-34)57-27-12-18-52(19-13-27)37-46-16-5-17-47-37/h5,8-9,16-17,21-27H,4,6-7,10-15,18-20H2,1-3H3,(H,51,54)(H,55,56). The van der Waals surface area contributed by atoms with E-state index in [4.69, 9.17) is 9.72 Å². The molecule has 0 bridgehead atoms. The Kier molecular flexibility index (Phi) is 11.1. The quantitative estimate of drug-likeness (QED) is 0.151. The molecule has 1 amide bonds. The van der Waals surface area contributed by atoms with Gasteiger partial charge in [0.1, 0.15) is 17.3 Å². The molecule has 1 aliphatic heterocycles. The normalized spacial score (nSPS) is 22.0. The van der Waals surface area contributed by atoms with Crippen molar-refractivity contribution >= 4 is 28.9 Å². The molecule has 4 aromatic heterocycles. The van der Waals surface area contributed by atoms with Crippen molar-refractivity contribution in [1.82, 2.24) is 34.8 Å². The highest BCUT2D eigenvalue weighted by molar-refractivity contribution is 5.99. The number of nitrogens with zero attached hydrogens (tertiary/aromatic N) is 7. The second-order valence-corrected chi connectivity index (χ2v) is 16.1. The topological polar surface area (TPSA) is 148 Å². The van der Waals surface area contributed by atoms with E-state index < -0.39 is 58.6 Å². The van der Waals surface area contributed by atoms with E-state index in [1.165, 1.54) is 6.20 Å². The van der Waals surface area contributed by atoms with Gasteiger partial charge in [0.05, 0.1) is 5.56 Å². The number of carbonyl (C=O) groups excluding carboxylic acids is 1. The van der Waals surface area contributed by atoms with Crippen LogP contribution in [-0.2, 0) is 11.0 Å². The first kappa shape index (κ1) is 40.2. The smallest absolute Gasteiger partial charge is 0.434 e. The Morgan fingerprint density at radius 1 is 0.982 bits per heavy atom. The number of halogens is 5. The molecule has 1 saturated heterocycles. The fraction of sp³-hybridized carbons (Fsp3) is 0.575. The predicted molar refractivity (Wildman–Crippen MR) is 200 cm³/mol. The number of nitrogens with one attached hydrogen (secondary N) is 1. The van der Waals surface area contributed by atoms with E-state index in [9.17, 15) is 36.6 Å². The zero-order valence-corrected chi connectivity index (χ0v) is 32.1. The number of pyridine rings is 1. The van der Waals surface area contributed by atoms with Gasteiger partial charge in [0.25, 0.3) is 5.91 Å². The lowest BCUT2D eigenvalue weighted by atomic mass is 9.66. The number of hydrogen-bond acceptors (Lipinski definition) is 9. The number of piperidine rings is 1. The monoisotopic (exact) mass is 798 g/mol. The average molecular weight is 799 g/mol. The van der Waals surface area contributed by atoms with Gasteiger partial charge in [-0.3, -0.25) is 4.79 Å². The van der Waals surface area contributed by atoms with Crippen LogP contribution < -0.4 is 15.0 Å². The van der Waals surface area contributed by atoms with Gasteiger partial charge in [-0.05, 0) is 55.6 Å². The molecule has 3 atom stereocenters. The number of alkyl halides is 5. The van der Waals surface area contributed by atoms with Crippen molar-refractivity contribution in [3.8, 4) is 17.3 Å². The Balaban J connectivity index is 1.22. The van der Waals surface area contributed by atoms with Gasteiger partial charge in [0, 0.05) is 86.6 Å². The number of amides is 1. The summed E-state index contributed by atoms with van der Waals surface area (Å²) in [7, 11) is 0. The zero-order valence-electron chi connectivity index (χ0n) is 32.1. The highest BCUT2D eigenvalue weighted by atomic mass is 19.4. The van der Waals surface area contributed by atoms with E-state index in [1.54, 1.807) is 49.0 Å². The summed E-state index contributed by atoms with van der Waals surface area (Å²) in [4.78, 5) is 50.3. The summed E-state index contributed by atoms with van der Waals surface area (Å²) in [5.41, 5.74) is -3.78. The van der Waals surface area contributed by atoms with Gasteiger partial charge >= 0.3 is 12.1 Å². The van der Waals surface area contributed by atoms with E-state index >= 15 is 0 Å². The Hall–Kier alpha value is -4.96. The third-order valence-electron chi connectivity index (χ3n) is 12.0. The molecule has 17 heteroatoms. The maximum Gasteiger partial charge on any atom is 0.434 e. The minimum Gasteiger partial charge on any atom is -0.479 e. The number of carbonyl (C=O) groups is 2. The predicted octanol–water partition coefficient (Wildman–Crippen LogP) is 8.14. The highest BCUT2D eigenvalue weighted by Crippen LogP contribution is 2.43. The molecule has 4 aromatic rings. The van der Waals surface area contributed by atoms with Crippen LogP contribution in [0.25, 0.3) is 22.4 Å². The van der Waals surface area contributed by atoms with Crippen LogP contribution >= 0.6 is 0 Å². The Bertz CT molecular complexity index is 2080. The maximum absolute atomic E-state index is 14.8. The molecule has 7 rings (SSSR count). The van der Waals surface area contributed by atoms with Crippen LogP contribution in [0.3, 0.4) is 0 Å². The number of carboxylic acid groups (broad SMARTS) is 1. The molecule has 3 aliphatic rings. The summed E-state index contributed by atoms with van der Waals surface area (Å²) in [5, 5.41) is 13.4. The number of anilines is 1. The van der Waals surface area contributed by atoms with Gasteiger partial charge < -0.3 is 24.6 Å². The number of aliphatic carboxylic acids is 1. The first-order valence-corrected chi connectivity index (χ1v) is 19.6. The fourth-order valence-corrected chi connectivity index (χ4v) is 8.92. The largest absolute Gasteiger partial charge is 0.479 e. The Morgan fingerprint density at radius 3 is 2.32 bits per heavy atom. The number of ether oxygens (including phenoxy) is 1. The summed E-state index contributed by atoms with van der Waals surface area (Å²) in [5.74, 6) is -5.79. The second-order valence-electron chi connectivity index (χ2n) is 16.1. The van der Waals surface area contributed by atoms with Crippen molar-refractivity contribution in [2.24, 2.45) is 17.8 Å². The van der Waals surface area contributed by atoms with Gasteiger partial charge in [-0.2, -0.15) is 18.2 Å². The molecular formula is C40H47F5N8O4. The Labute approximate surface area is 326 Å². The first-order chi connectivity index (χ1) is 27.1. The maximum atomic E-state index is 14.8. The molecule has 0 spiro atoms. The highest BCUT2D eigenvalue weighted by Gasteiger charge is 2.51. The number of fused-ring (bicyclic) bond motifs is 1. The van der Waals surface area contributed by atoms with Crippen molar-refractivity contribution in [3.63, 3.8) is 0 Å². The molecule has 5 heterocycles. The molecule has 2 N–H and O–H groups in total. The summed E-state index contributed by atoms with van der Waals surface area (Å²) >= 11 is 0. The SMILES string of the molecule is CC1CCCC(C(NC(=O)c2cnc(-c3cn(C4CCC(F)(F)CC4)c4nc(OC5CCN(c6ncccn6)CC5)ccc34)nc2C(F)(F)F)(C(=O)O)C(C)C)C1. The lowest BCUT2D eigenvalue weighted by Gasteiger charge is -2.44. The molecule has 2 aliphatic carbocycles. The minimum absolute atomic E-state index is 0.109. The van der Waals surface area contributed by atoms with Gasteiger partial charge in [-0.25, -0.2) is 33.5 Å². The molecule has 12 nitrogen and oxygen atoms in total. The van der Waals surface area contributed by atoms with Crippen LogP contribution in [0.15, 0.2) is 43.0 Å². The van der Waals surface area contributed by atoms with Gasteiger partial charge in [-0.15, -0.1) is 0 Å². The minimum atomic E-state index is -5.12. The molecular weight excluding hydrogens is 751 g/mol. The van der Waals surface area contributed by atoms with E-state index in [0.29, 0.717) is 55.8 Å². The van der Waals surface area contributed by atoms with E-state index in [2.05, 4.69) is 30.2 Å². The van der Waals surface area contributed by atoms with Gasteiger partial charge in [0.15, 0.2) is 11.5 Å². The number of carboxylic acids is 1. The lowest BCUT2D eigenvalue weighted by Crippen LogP contribution is -2.63. The summed E-state index contributed by atoms with van der Waals surface area (Å²) in [6, 6.07) is 4.55. The van der Waals surface area contributed by atoms with Crippen molar-refractivity contribution in [1.29, 1.82) is 0 Å². The lowest BCUT2D eigenvalue weighted by molar-refractivity contribution is -0.150. The second kappa shape index (κ2) is 15.8. The molecule has 3 fully saturated rings. The van der Waals surface area contributed by atoms with Crippen molar-refractivity contribution in [2.45, 2.75) is 115 Å². The Morgan fingerprint density at radius 2 is 1.68 bits per heavy atom.